The first-order valence-corrected chi connectivity index (χ1v) is 10.6. The average Bonchev–Trinajstić information content (AvgIpc) is 2.87. The van der Waals surface area contributed by atoms with Gasteiger partial charge in [0.25, 0.3) is 0 Å². The standard InChI is InChI=1S/C30H18N2.Pt/c1-2-14-26-21(7-1)8-3-9-22(26)16-17-24-10-4-11-25-18-19-28(32-29(24)25)27-15-5-12-23-13-6-20-31-30(23)27;/h1-8,10-16,18-20H;/q-2;+2. The molecule has 6 aromatic rings. The van der Waals surface area contributed by atoms with Gasteiger partial charge < -0.3 is 0 Å². The Morgan fingerprint density at radius 3 is 2.42 bits per heavy atom. The number of nitrogens with zero attached hydrogens (tertiary/aromatic N) is 2. The normalized spacial score (nSPS) is 11.3. The molecular weight excluding hydrogens is 583 g/mol. The first-order chi connectivity index (χ1) is 15.9. The molecule has 0 spiro atoms. The van der Waals surface area contributed by atoms with Crippen molar-refractivity contribution in [1.29, 1.82) is 0 Å². The Bertz CT molecular complexity index is 1630. The van der Waals surface area contributed by atoms with Crippen LogP contribution in [0, 0.1) is 12.1 Å². The molecule has 4 aromatic carbocycles. The van der Waals surface area contributed by atoms with E-state index in [0.29, 0.717) is 0 Å². The van der Waals surface area contributed by atoms with E-state index < -0.39 is 0 Å². The maximum atomic E-state index is 5.04. The zero-order chi connectivity index (χ0) is 21.3. The van der Waals surface area contributed by atoms with Gasteiger partial charge in [-0.3, -0.25) is 9.97 Å². The molecule has 158 valence electrons. The van der Waals surface area contributed by atoms with Gasteiger partial charge >= 0.3 is 21.1 Å². The molecule has 0 unspecified atom stereocenters. The largest absolute Gasteiger partial charge is 2.00 e. The first kappa shape index (κ1) is 21.2. The second-order valence-corrected chi connectivity index (χ2v) is 7.72. The molecule has 0 bridgehead atoms. The summed E-state index contributed by atoms with van der Waals surface area (Å²) in [5.41, 5.74) is 5.81. The molecule has 3 heteroatoms. The van der Waals surface area contributed by atoms with Crippen LogP contribution in [0.25, 0.3) is 49.9 Å². The Balaban J connectivity index is 0.00000228. The Morgan fingerprint density at radius 1 is 0.697 bits per heavy atom. The van der Waals surface area contributed by atoms with E-state index in [1.807, 2.05) is 30.5 Å². The number of fused-ring (bicyclic) bond motifs is 3. The summed E-state index contributed by atoms with van der Waals surface area (Å²) in [5, 5.41) is 4.56. The van der Waals surface area contributed by atoms with E-state index in [-0.39, 0.29) is 21.1 Å². The summed E-state index contributed by atoms with van der Waals surface area (Å²) in [7, 11) is 0. The summed E-state index contributed by atoms with van der Waals surface area (Å²) in [6, 6.07) is 36.4. The molecule has 2 nitrogen and oxygen atoms in total. The molecule has 0 atom stereocenters. The third-order valence-electron chi connectivity index (χ3n) is 5.75. The van der Waals surface area contributed by atoms with Crippen LogP contribution in [0.5, 0.6) is 0 Å². The molecule has 0 amide bonds. The summed E-state index contributed by atoms with van der Waals surface area (Å²) in [6.45, 7) is 0. The van der Waals surface area contributed by atoms with Crippen LogP contribution in [0.3, 0.4) is 0 Å². The molecule has 0 fully saturated rings. The predicted octanol–water partition coefficient (Wildman–Crippen LogP) is 7.27. The van der Waals surface area contributed by atoms with E-state index in [2.05, 4.69) is 96.0 Å². The third kappa shape index (κ3) is 3.99. The minimum atomic E-state index is 0. The smallest absolute Gasteiger partial charge is 0.296 e. The second kappa shape index (κ2) is 9.09. The monoisotopic (exact) mass is 601 g/mol. The quantitative estimate of drug-likeness (QED) is 0.158. The summed E-state index contributed by atoms with van der Waals surface area (Å²) in [6.07, 6.45) is 7.31. The van der Waals surface area contributed by atoms with Crippen molar-refractivity contribution >= 4 is 38.7 Å². The summed E-state index contributed by atoms with van der Waals surface area (Å²) in [4.78, 5) is 9.64. The zero-order valence-corrected chi connectivity index (χ0v) is 19.9. The van der Waals surface area contributed by atoms with Gasteiger partial charge in [0.2, 0.25) is 0 Å². The van der Waals surface area contributed by atoms with Gasteiger partial charge in [-0.2, -0.15) is 18.2 Å². The van der Waals surface area contributed by atoms with Crippen LogP contribution in [0.4, 0.5) is 0 Å². The number of pyridine rings is 2. The topological polar surface area (TPSA) is 25.8 Å². The van der Waals surface area contributed by atoms with Crippen LogP contribution in [0.2, 0.25) is 0 Å². The van der Waals surface area contributed by atoms with Crippen LogP contribution in [0.1, 0.15) is 11.1 Å². The van der Waals surface area contributed by atoms with E-state index in [4.69, 9.17) is 4.98 Å². The van der Waals surface area contributed by atoms with E-state index in [9.17, 15) is 0 Å². The molecular formula is C30H18N2Pt. The van der Waals surface area contributed by atoms with Crippen LogP contribution in [-0.4, -0.2) is 9.97 Å². The summed E-state index contributed by atoms with van der Waals surface area (Å²) in [5.74, 6) is 0. The summed E-state index contributed by atoms with van der Waals surface area (Å²) >= 11 is 0. The van der Waals surface area contributed by atoms with Gasteiger partial charge in [0, 0.05) is 17.1 Å². The fourth-order valence-corrected chi connectivity index (χ4v) is 4.18. The Kier molecular flexibility index (Phi) is 5.86. The van der Waals surface area contributed by atoms with Gasteiger partial charge in [-0.15, -0.1) is 40.6 Å². The summed E-state index contributed by atoms with van der Waals surface area (Å²) < 4.78 is 0. The van der Waals surface area contributed by atoms with E-state index >= 15 is 0 Å². The first-order valence-electron chi connectivity index (χ1n) is 10.6. The van der Waals surface area contributed by atoms with E-state index in [1.54, 1.807) is 0 Å². The number of aromatic nitrogens is 2. The molecule has 0 saturated carbocycles. The zero-order valence-electron chi connectivity index (χ0n) is 17.6. The molecule has 2 aromatic heterocycles. The number of hydrogen-bond acceptors (Lipinski definition) is 2. The van der Waals surface area contributed by atoms with Crippen molar-refractivity contribution in [1.82, 2.24) is 9.97 Å². The molecule has 2 heterocycles. The Hall–Kier alpha value is -3.61. The second-order valence-electron chi connectivity index (χ2n) is 7.72. The number of hydrogen-bond donors (Lipinski definition) is 0. The van der Waals surface area contributed by atoms with Crippen LogP contribution >= 0.6 is 0 Å². The number of rotatable bonds is 3. The Morgan fingerprint density at radius 2 is 1.48 bits per heavy atom. The molecule has 0 aliphatic carbocycles. The minimum Gasteiger partial charge on any atom is -0.296 e. The fraction of sp³-hybridized carbons (Fsp3) is 0. The molecule has 0 N–H and O–H groups in total. The van der Waals surface area contributed by atoms with Crippen molar-refractivity contribution in [2.45, 2.75) is 0 Å². The molecule has 0 radical (unpaired) electrons. The van der Waals surface area contributed by atoms with Crippen LogP contribution in [-0.2, 0) is 21.1 Å². The van der Waals surface area contributed by atoms with Gasteiger partial charge in [0.1, 0.15) is 0 Å². The predicted molar refractivity (Wildman–Crippen MR) is 132 cm³/mol. The van der Waals surface area contributed by atoms with Gasteiger partial charge in [-0.1, -0.05) is 54.6 Å². The fourth-order valence-electron chi connectivity index (χ4n) is 4.18. The van der Waals surface area contributed by atoms with Gasteiger partial charge in [0.05, 0.1) is 11.2 Å². The third-order valence-corrected chi connectivity index (χ3v) is 5.75. The van der Waals surface area contributed by atoms with Gasteiger partial charge in [0.15, 0.2) is 0 Å². The maximum Gasteiger partial charge on any atom is 2.00 e. The van der Waals surface area contributed by atoms with Crippen molar-refractivity contribution in [3.05, 3.63) is 127 Å². The average molecular weight is 602 g/mol. The van der Waals surface area contributed by atoms with Crippen molar-refractivity contribution in [2.24, 2.45) is 0 Å². The molecule has 0 saturated heterocycles. The van der Waals surface area contributed by atoms with Crippen LogP contribution < -0.4 is 0 Å². The van der Waals surface area contributed by atoms with E-state index in [1.165, 1.54) is 10.8 Å². The van der Waals surface area contributed by atoms with E-state index in [0.717, 1.165) is 44.2 Å². The maximum absolute atomic E-state index is 5.04. The molecule has 0 aliphatic rings. The molecule has 6 rings (SSSR count). The number of para-hydroxylation sites is 2. The van der Waals surface area contributed by atoms with Gasteiger partial charge in [-0.25, -0.2) is 11.6 Å². The van der Waals surface area contributed by atoms with Crippen molar-refractivity contribution in [2.75, 3.05) is 0 Å². The van der Waals surface area contributed by atoms with Crippen molar-refractivity contribution in [3.63, 3.8) is 0 Å². The minimum absolute atomic E-state index is 0. The Labute approximate surface area is 206 Å². The van der Waals surface area contributed by atoms with Crippen molar-refractivity contribution in [3.8, 4) is 11.3 Å². The SMILES string of the molecule is [C-](=Cc1[c-]ccc2ccccc12)c1cccc2ccc(-c3cccc4cccnc34)nc12.[Pt+2]. The molecule has 33 heavy (non-hydrogen) atoms. The van der Waals surface area contributed by atoms with Gasteiger partial charge in [-0.05, 0) is 23.0 Å². The number of benzene rings is 4. The molecule has 0 aliphatic heterocycles. The van der Waals surface area contributed by atoms with Crippen molar-refractivity contribution < 1.29 is 21.1 Å². The van der Waals surface area contributed by atoms with Crippen LogP contribution in [0.15, 0.2) is 103 Å².